The first-order valence-corrected chi connectivity index (χ1v) is 11.9. The number of aromatic nitrogens is 2. The monoisotopic (exact) mass is 558 g/mol. The molecule has 4 rings (SSSR count). The first-order chi connectivity index (χ1) is 17.8. The predicted octanol–water partition coefficient (Wildman–Crippen LogP) is 4.08. The number of hydrogen-bond donors (Lipinski definition) is 2. The van der Waals surface area contributed by atoms with E-state index in [-0.39, 0.29) is 30.3 Å². The molecule has 3 N–H and O–H groups in total. The van der Waals surface area contributed by atoms with E-state index in [1.165, 1.54) is 15.3 Å². The second-order valence-electron chi connectivity index (χ2n) is 8.27. The molecule has 0 unspecified atom stereocenters. The molecule has 0 saturated heterocycles. The van der Waals surface area contributed by atoms with Gasteiger partial charge < -0.3 is 15.7 Å². The van der Waals surface area contributed by atoms with Gasteiger partial charge in [-0.25, -0.2) is 9.59 Å². The summed E-state index contributed by atoms with van der Waals surface area (Å²) in [4.78, 5) is 37.0. The molecule has 2 aromatic heterocycles. The fourth-order valence-electron chi connectivity index (χ4n) is 3.70. The first kappa shape index (κ1) is 28.8. The van der Waals surface area contributed by atoms with Gasteiger partial charge in [-0.15, -0.1) is 11.3 Å². The number of carboxylic acid groups (broad SMARTS) is 1. The fourth-order valence-corrected chi connectivity index (χ4v) is 4.70. The summed E-state index contributed by atoms with van der Waals surface area (Å²) >= 11 is 1.58. The zero-order valence-corrected chi connectivity index (χ0v) is 20.8. The molecule has 1 amide bonds. The van der Waals surface area contributed by atoms with Crippen LogP contribution >= 0.6 is 11.3 Å². The van der Waals surface area contributed by atoms with Crippen molar-refractivity contribution in [3.8, 4) is 10.4 Å². The van der Waals surface area contributed by atoms with Gasteiger partial charge in [0.05, 0.1) is 13.1 Å². The largest absolute Gasteiger partial charge is 0.490 e. The Bertz CT molecular complexity index is 1420. The van der Waals surface area contributed by atoms with E-state index in [9.17, 15) is 31.5 Å². The smallest absolute Gasteiger partial charge is 0.475 e. The van der Waals surface area contributed by atoms with Gasteiger partial charge in [0.25, 0.3) is 6.08 Å². The van der Waals surface area contributed by atoms with Crippen molar-refractivity contribution in [1.82, 2.24) is 9.13 Å². The molecule has 3 aromatic rings. The molecular weight excluding hydrogens is 535 g/mol. The van der Waals surface area contributed by atoms with E-state index in [0.29, 0.717) is 13.0 Å². The summed E-state index contributed by atoms with van der Waals surface area (Å²) in [5, 5.41) is 7.12. The molecule has 1 aliphatic heterocycles. The molecule has 0 spiro atoms. The van der Waals surface area contributed by atoms with E-state index in [4.69, 9.17) is 15.6 Å². The number of alkyl halides is 3. The lowest BCUT2D eigenvalue weighted by atomic mass is 9.99. The number of carbonyl (C=O) groups is 2. The zero-order chi connectivity index (χ0) is 28.2. The average Bonchev–Trinajstić information content (AvgIpc) is 3.46. The van der Waals surface area contributed by atoms with Crippen LogP contribution in [0.2, 0.25) is 0 Å². The van der Waals surface area contributed by atoms with Gasteiger partial charge in [0, 0.05) is 53.4 Å². The van der Waals surface area contributed by atoms with Crippen molar-refractivity contribution >= 4 is 28.9 Å². The minimum atomic E-state index is -5.08. The zero-order valence-electron chi connectivity index (χ0n) is 20.0. The number of aryl methyl sites for hydroxylation is 1. The molecule has 1 aromatic carbocycles. The van der Waals surface area contributed by atoms with Gasteiger partial charge in [-0.1, -0.05) is 6.07 Å². The molecule has 3 heterocycles. The highest BCUT2D eigenvalue weighted by atomic mass is 32.1. The van der Waals surface area contributed by atoms with Crippen molar-refractivity contribution in [2.45, 2.75) is 32.1 Å². The van der Waals surface area contributed by atoms with Gasteiger partial charge in [0.1, 0.15) is 0 Å². The quantitative estimate of drug-likeness (QED) is 0.443. The number of carbonyl (C=O) groups excluding carboxylic acids is 1. The molecule has 0 saturated carbocycles. The molecule has 1 aliphatic rings. The summed E-state index contributed by atoms with van der Waals surface area (Å²) in [5.41, 5.74) is 7.89. The van der Waals surface area contributed by atoms with E-state index in [2.05, 4.69) is 6.07 Å². The lowest BCUT2D eigenvalue weighted by molar-refractivity contribution is -0.192. The Morgan fingerprint density at radius 3 is 2.34 bits per heavy atom. The number of fused-ring (bicyclic) bond motifs is 1. The first-order valence-electron chi connectivity index (χ1n) is 11.1. The predicted molar refractivity (Wildman–Crippen MR) is 131 cm³/mol. The van der Waals surface area contributed by atoms with E-state index in [1.54, 1.807) is 29.5 Å². The number of carboxylic acids is 1. The van der Waals surface area contributed by atoms with Gasteiger partial charge in [-0.05, 0) is 41.8 Å². The van der Waals surface area contributed by atoms with Gasteiger partial charge in [-0.2, -0.15) is 22.0 Å². The van der Waals surface area contributed by atoms with Gasteiger partial charge >= 0.3 is 17.8 Å². The molecule has 0 radical (unpaired) electrons. The number of amides is 1. The van der Waals surface area contributed by atoms with Crippen LogP contribution in [-0.2, 0) is 29.1 Å². The third-order valence-corrected chi connectivity index (χ3v) is 6.85. The maximum atomic E-state index is 12.8. The minimum Gasteiger partial charge on any atom is -0.475 e. The van der Waals surface area contributed by atoms with E-state index >= 15 is 0 Å². The Morgan fingerprint density at radius 1 is 1.08 bits per heavy atom. The normalized spacial score (nSPS) is 13.0. The Kier molecular flexibility index (Phi) is 8.89. The topological polar surface area (TPSA) is 111 Å². The minimum absolute atomic E-state index is 0.124. The second kappa shape index (κ2) is 11.7. The van der Waals surface area contributed by atoms with E-state index in [0.717, 1.165) is 33.0 Å². The second-order valence-corrected chi connectivity index (χ2v) is 9.44. The Balaban J connectivity index is 0.000000505. The molecular formula is C24H23F5N4O4S. The van der Waals surface area contributed by atoms with Crippen LogP contribution in [0.5, 0.6) is 0 Å². The van der Waals surface area contributed by atoms with Gasteiger partial charge in [0.15, 0.2) is 0 Å². The van der Waals surface area contributed by atoms with Crippen molar-refractivity contribution in [2.75, 3.05) is 18.5 Å². The number of hydrogen-bond acceptors (Lipinski definition) is 5. The van der Waals surface area contributed by atoms with Crippen LogP contribution < -0.4 is 16.3 Å². The number of nitrogens with zero attached hydrogens (tertiary/aromatic N) is 3. The molecule has 0 fully saturated rings. The molecule has 8 nitrogen and oxygen atoms in total. The Hall–Kier alpha value is -3.78. The number of nitrogens with two attached hydrogens (primary N) is 1. The van der Waals surface area contributed by atoms with Crippen LogP contribution in [0.4, 0.5) is 27.6 Å². The number of anilines is 1. The van der Waals surface area contributed by atoms with Crippen molar-refractivity contribution in [2.24, 2.45) is 5.73 Å². The number of benzene rings is 1. The van der Waals surface area contributed by atoms with Crippen molar-refractivity contribution < 1.29 is 36.6 Å². The average molecular weight is 559 g/mol. The molecule has 204 valence electrons. The maximum Gasteiger partial charge on any atom is 0.490 e. The highest BCUT2D eigenvalue weighted by Crippen LogP contribution is 2.34. The summed E-state index contributed by atoms with van der Waals surface area (Å²) in [7, 11) is 1.79. The molecule has 0 bridgehead atoms. The van der Waals surface area contributed by atoms with Gasteiger partial charge in [0.2, 0.25) is 5.91 Å². The highest BCUT2D eigenvalue weighted by molar-refractivity contribution is 7.15. The summed E-state index contributed by atoms with van der Waals surface area (Å²) in [5.74, 6) is -2.63. The summed E-state index contributed by atoms with van der Waals surface area (Å²) < 4.78 is 60.1. The standard InChI is InChI=1S/C22H22F2N4O2S.C2HF3O2/c1-26-18-5-2-15(10-14(18)3-7-20(26)29)19-6-4-17(31-19)13-28-9-8-27(22(28)30)12-16(11-25)21(23)24;3-2(4,5)1(6)7/h2,4-6,8-10H,3,7,11-13,25H2,1H3;(H,6,7). The molecule has 0 aliphatic carbocycles. The lowest BCUT2D eigenvalue weighted by Crippen LogP contribution is -2.30. The van der Waals surface area contributed by atoms with Crippen LogP contribution in [0.15, 0.2) is 59.2 Å². The van der Waals surface area contributed by atoms with Crippen LogP contribution in [0.3, 0.4) is 0 Å². The van der Waals surface area contributed by atoms with Crippen molar-refractivity contribution in [3.05, 3.63) is 75.3 Å². The maximum absolute atomic E-state index is 12.8. The van der Waals surface area contributed by atoms with E-state index in [1.807, 2.05) is 24.3 Å². The third kappa shape index (κ3) is 6.75. The summed E-state index contributed by atoms with van der Waals surface area (Å²) in [6.07, 6.45) is -2.60. The highest BCUT2D eigenvalue weighted by Gasteiger charge is 2.38. The van der Waals surface area contributed by atoms with Crippen molar-refractivity contribution in [1.29, 1.82) is 0 Å². The number of aliphatic carboxylic acids is 1. The van der Waals surface area contributed by atoms with Crippen LogP contribution in [-0.4, -0.2) is 45.9 Å². The summed E-state index contributed by atoms with van der Waals surface area (Å²) in [6.45, 7) is -0.149. The third-order valence-electron chi connectivity index (χ3n) is 5.73. The number of halogens is 5. The lowest BCUT2D eigenvalue weighted by Gasteiger charge is -2.26. The molecule has 14 heteroatoms. The van der Waals surface area contributed by atoms with Crippen LogP contribution in [0.1, 0.15) is 16.9 Å². The van der Waals surface area contributed by atoms with Crippen LogP contribution in [0.25, 0.3) is 10.4 Å². The fraction of sp³-hybridized carbons (Fsp3) is 0.292. The number of thiophene rings is 1. The molecule has 0 atom stereocenters. The van der Waals surface area contributed by atoms with E-state index < -0.39 is 18.2 Å². The Morgan fingerprint density at radius 2 is 1.74 bits per heavy atom. The summed E-state index contributed by atoms with van der Waals surface area (Å²) in [6, 6.07) is 10.1. The SMILES string of the molecule is CN1C(=O)CCc2cc(-c3ccc(Cn4ccn(CC(CN)=C(F)F)c4=O)s3)ccc21.O=C(O)C(F)(F)F. The van der Waals surface area contributed by atoms with Crippen LogP contribution in [0, 0.1) is 0 Å². The van der Waals surface area contributed by atoms with Crippen molar-refractivity contribution in [3.63, 3.8) is 0 Å². The number of rotatable bonds is 6. The molecule has 38 heavy (non-hydrogen) atoms. The Labute approximate surface area is 217 Å². The number of imidazole rings is 1. The van der Waals surface area contributed by atoms with Gasteiger partial charge in [-0.3, -0.25) is 13.9 Å².